The van der Waals surface area contributed by atoms with E-state index in [4.69, 9.17) is 0 Å². The van der Waals surface area contributed by atoms with Crippen molar-refractivity contribution in [2.24, 2.45) is 17.3 Å². The van der Waals surface area contributed by atoms with E-state index in [0.29, 0.717) is 6.04 Å². The van der Waals surface area contributed by atoms with Crippen LogP contribution in [0.15, 0.2) is 0 Å². The van der Waals surface area contributed by atoms with Crippen LogP contribution in [-0.2, 0) is 9.59 Å². The Morgan fingerprint density at radius 2 is 1.71 bits per heavy atom. The van der Waals surface area contributed by atoms with Gasteiger partial charge in [-0.3, -0.25) is 14.5 Å². The Hall–Kier alpha value is -1.10. The zero-order chi connectivity index (χ0) is 15.2. The molecule has 0 aromatic heterocycles. The molecule has 118 valence electrons. The molecule has 0 radical (unpaired) electrons. The minimum atomic E-state index is -0.827. The van der Waals surface area contributed by atoms with Gasteiger partial charge in [0.15, 0.2) is 0 Å². The Balaban J connectivity index is 1.64. The van der Waals surface area contributed by atoms with E-state index in [1.165, 1.54) is 19.3 Å². The Morgan fingerprint density at radius 1 is 1.05 bits per heavy atom. The van der Waals surface area contributed by atoms with E-state index in [2.05, 4.69) is 4.90 Å². The van der Waals surface area contributed by atoms with Crippen LogP contribution in [0.3, 0.4) is 0 Å². The van der Waals surface area contributed by atoms with Crippen LogP contribution in [0, 0.1) is 17.3 Å². The van der Waals surface area contributed by atoms with E-state index >= 15 is 0 Å². The van der Waals surface area contributed by atoms with Crippen molar-refractivity contribution in [1.29, 1.82) is 0 Å². The minimum Gasteiger partial charge on any atom is -0.481 e. The van der Waals surface area contributed by atoms with E-state index in [9.17, 15) is 14.7 Å². The van der Waals surface area contributed by atoms with E-state index in [1.54, 1.807) is 0 Å². The smallest absolute Gasteiger partial charge is 0.307 e. The molecule has 3 fully saturated rings. The number of piperidine rings is 1. The van der Waals surface area contributed by atoms with Crippen molar-refractivity contribution in [3.63, 3.8) is 0 Å². The molecule has 1 amide bonds. The maximum atomic E-state index is 12.7. The summed E-state index contributed by atoms with van der Waals surface area (Å²) in [5.74, 6) is -1.59. The molecule has 2 saturated heterocycles. The molecule has 2 heterocycles. The molecule has 0 aromatic carbocycles. The van der Waals surface area contributed by atoms with Gasteiger partial charge in [0.25, 0.3) is 0 Å². The zero-order valence-corrected chi connectivity index (χ0v) is 13.0. The molecule has 2 aliphatic heterocycles. The number of likely N-dealkylation sites (tertiary alicyclic amines) is 2. The van der Waals surface area contributed by atoms with Gasteiger partial charge in [-0.25, -0.2) is 0 Å². The van der Waals surface area contributed by atoms with Crippen molar-refractivity contribution in [3.05, 3.63) is 0 Å². The largest absolute Gasteiger partial charge is 0.481 e. The fourth-order valence-electron chi connectivity index (χ4n) is 4.32. The quantitative estimate of drug-likeness (QED) is 0.855. The molecular formula is C16H26N2O3. The number of carboxylic acids is 1. The van der Waals surface area contributed by atoms with E-state index < -0.39 is 11.9 Å². The number of amides is 1. The molecule has 21 heavy (non-hydrogen) atoms. The van der Waals surface area contributed by atoms with Crippen molar-refractivity contribution in [2.45, 2.75) is 45.6 Å². The van der Waals surface area contributed by atoms with E-state index in [0.717, 1.165) is 32.6 Å². The third-order valence-corrected chi connectivity index (χ3v) is 5.72. The van der Waals surface area contributed by atoms with Gasteiger partial charge >= 0.3 is 5.97 Å². The standard InChI is InChI=1S/C16H26N2O3/c1-16(2)12(13(16)15(20)21)14(19)18-9-5-6-11(10-18)17-7-3-4-8-17/h11-13H,3-10H2,1-2H3,(H,20,21). The number of nitrogens with zero attached hydrogens (tertiary/aromatic N) is 2. The van der Waals surface area contributed by atoms with E-state index in [1.807, 2.05) is 18.7 Å². The normalized spacial score (nSPS) is 35.7. The average Bonchev–Trinajstić information content (AvgIpc) is 2.81. The van der Waals surface area contributed by atoms with Crippen molar-refractivity contribution in [3.8, 4) is 0 Å². The molecule has 3 rings (SSSR count). The van der Waals surface area contributed by atoms with Crippen LogP contribution in [0.1, 0.15) is 39.5 Å². The van der Waals surface area contributed by atoms with Crippen LogP contribution < -0.4 is 0 Å². The second-order valence-electron chi connectivity index (χ2n) is 7.44. The summed E-state index contributed by atoms with van der Waals surface area (Å²) >= 11 is 0. The second kappa shape index (κ2) is 5.27. The van der Waals surface area contributed by atoms with Crippen molar-refractivity contribution < 1.29 is 14.7 Å². The van der Waals surface area contributed by atoms with Crippen LogP contribution >= 0.6 is 0 Å². The lowest BCUT2D eigenvalue weighted by molar-refractivity contribution is -0.142. The highest BCUT2D eigenvalue weighted by Crippen LogP contribution is 2.59. The van der Waals surface area contributed by atoms with Crippen molar-refractivity contribution in [2.75, 3.05) is 26.2 Å². The molecule has 3 atom stereocenters. The fraction of sp³-hybridized carbons (Fsp3) is 0.875. The highest BCUT2D eigenvalue weighted by Gasteiger charge is 2.66. The monoisotopic (exact) mass is 294 g/mol. The van der Waals surface area contributed by atoms with Crippen LogP contribution in [0.2, 0.25) is 0 Å². The topological polar surface area (TPSA) is 60.9 Å². The number of aliphatic carboxylic acids is 1. The molecule has 5 nitrogen and oxygen atoms in total. The summed E-state index contributed by atoms with van der Waals surface area (Å²) in [6, 6.07) is 0.482. The Kier molecular flexibility index (Phi) is 3.72. The first-order valence-corrected chi connectivity index (χ1v) is 8.18. The molecule has 0 bridgehead atoms. The summed E-state index contributed by atoms with van der Waals surface area (Å²) < 4.78 is 0. The summed E-state index contributed by atoms with van der Waals surface area (Å²) in [4.78, 5) is 28.4. The van der Waals surface area contributed by atoms with Gasteiger partial charge in [0.05, 0.1) is 11.8 Å². The predicted octanol–water partition coefficient (Wildman–Crippen LogP) is 1.43. The molecule has 3 aliphatic rings. The van der Waals surface area contributed by atoms with Crippen molar-refractivity contribution >= 4 is 11.9 Å². The Morgan fingerprint density at radius 3 is 2.29 bits per heavy atom. The van der Waals surface area contributed by atoms with Crippen LogP contribution in [0.25, 0.3) is 0 Å². The minimum absolute atomic E-state index is 0.0660. The summed E-state index contributed by atoms with van der Waals surface area (Å²) in [5.41, 5.74) is -0.385. The molecule has 1 N–H and O–H groups in total. The summed E-state index contributed by atoms with van der Waals surface area (Å²) in [7, 11) is 0. The Bertz CT molecular complexity index is 443. The lowest BCUT2D eigenvalue weighted by atomic mass is 10.0. The molecule has 5 heteroatoms. The molecule has 0 aromatic rings. The van der Waals surface area contributed by atoms with Gasteiger partial charge in [-0.1, -0.05) is 13.8 Å². The highest BCUT2D eigenvalue weighted by molar-refractivity contribution is 5.91. The summed E-state index contributed by atoms with van der Waals surface area (Å²) in [6.07, 6.45) is 4.74. The highest BCUT2D eigenvalue weighted by atomic mass is 16.4. The number of carbonyl (C=O) groups is 2. The van der Waals surface area contributed by atoms with Crippen LogP contribution in [0.4, 0.5) is 0 Å². The number of hydrogen-bond acceptors (Lipinski definition) is 3. The van der Waals surface area contributed by atoms with Gasteiger partial charge in [-0.15, -0.1) is 0 Å². The molecule has 0 spiro atoms. The van der Waals surface area contributed by atoms with Crippen LogP contribution in [0.5, 0.6) is 0 Å². The number of rotatable bonds is 3. The van der Waals surface area contributed by atoms with Crippen LogP contribution in [-0.4, -0.2) is 59.0 Å². The SMILES string of the molecule is CC1(C)C(C(=O)O)C1C(=O)N1CCCC(N2CCCC2)C1. The van der Waals surface area contributed by atoms with Gasteiger partial charge < -0.3 is 10.0 Å². The van der Waals surface area contributed by atoms with Gasteiger partial charge in [0.1, 0.15) is 0 Å². The fourth-order valence-corrected chi connectivity index (χ4v) is 4.32. The maximum Gasteiger partial charge on any atom is 0.307 e. The van der Waals surface area contributed by atoms with Gasteiger partial charge in [-0.2, -0.15) is 0 Å². The zero-order valence-electron chi connectivity index (χ0n) is 13.0. The number of hydrogen-bond donors (Lipinski definition) is 1. The summed E-state index contributed by atoms with van der Waals surface area (Å²) in [5, 5.41) is 9.25. The number of carbonyl (C=O) groups excluding carboxylic acids is 1. The maximum absolute atomic E-state index is 12.7. The number of carboxylic acid groups (broad SMARTS) is 1. The van der Waals surface area contributed by atoms with Gasteiger partial charge in [-0.05, 0) is 44.2 Å². The van der Waals surface area contributed by atoms with E-state index in [-0.39, 0.29) is 17.2 Å². The van der Waals surface area contributed by atoms with Gasteiger partial charge in [0.2, 0.25) is 5.91 Å². The lowest BCUT2D eigenvalue weighted by Gasteiger charge is -2.38. The van der Waals surface area contributed by atoms with Crippen molar-refractivity contribution in [1.82, 2.24) is 9.80 Å². The summed E-state index contributed by atoms with van der Waals surface area (Å²) in [6.45, 7) is 7.69. The van der Waals surface area contributed by atoms with Gasteiger partial charge in [0, 0.05) is 19.1 Å². The molecule has 1 aliphatic carbocycles. The first-order chi connectivity index (χ1) is 9.93. The Labute approximate surface area is 126 Å². The third kappa shape index (κ3) is 2.56. The second-order valence-corrected chi connectivity index (χ2v) is 7.44. The average molecular weight is 294 g/mol. The molecule has 1 saturated carbocycles. The lowest BCUT2D eigenvalue weighted by Crippen LogP contribution is -2.49. The molecule has 3 unspecified atom stereocenters. The predicted molar refractivity (Wildman–Crippen MR) is 78.8 cm³/mol. The first-order valence-electron chi connectivity index (χ1n) is 8.18. The first kappa shape index (κ1) is 14.8. The third-order valence-electron chi connectivity index (χ3n) is 5.72. The molecular weight excluding hydrogens is 268 g/mol.